The standard InChI is InChI=1S/C24H32N2/c1-2-9-21(10-3-1)11-7-16-25-17-8-18-26(20-19-25)24-15-6-13-22-12-4-5-14-23(22)24/h1-5,9-10,12,14,24H,6-8,11,13,15-20H2/t24-/m1/s1. The molecule has 1 aliphatic carbocycles. The molecule has 2 nitrogen and oxygen atoms in total. The van der Waals surface area contributed by atoms with Gasteiger partial charge in [-0.15, -0.1) is 0 Å². The lowest BCUT2D eigenvalue weighted by Crippen LogP contribution is -2.35. The normalized spacial score (nSPS) is 21.9. The van der Waals surface area contributed by atoms with E-state index < -0.39 is 0 Å². The number of fused-ring (bicyclic) bond motifs is 1. The number of hydrogen-bond donors (Lipinski definition) is 0. The third-order valence-electron chi connectivity index (χ3n) is 6.18. The van der Waals surface area contributed by atoms with Crippen molar-refractivity contribution in [3.05, 3.63) is 71.3 Å². The molecule has 2 aromatic carbocycles. The Balaban J connectivity index is 1.30. The SMILES string of the molecule is c1ccc(CCCN2CCCN([C@@H]3CCCc4ccccc43)CC2)cc1. The molecule has 4 rings (SSSR count). The minimum absolute atomic E-state index is 0.657. The van der Waals surface area contributed by atoms with E-state index in [2.05, 4.69) is 64.4 Å². The Bertz CT molecular complexity index is 682. The highest BCUT2D eigenvalue weighted by Gasteiger charge is 2.27. The Hall–Kier alpha value is -1.64. The van der Waals surface area contributed by atoms with Crippen molar-refractivity contribution in [2.45, 2.75) is 44.6 Å². The van der Waals surface area contributed by atoms with E-state index in [0.29, 0.717) is 6.04 Å². The van der Waals surface area contributed by atoms with Crippen LogP contribution in [-0.4, -0.2) is 42.5 Å². The molecule has 26 heavy (non-hydrogen) atoms. The molecule has 2 heteroatoms. The number of benzene rings is 2. The molecule has 1 aliphatic heterocycles. The molecule has 138 valence electrons. The fourth-order valence-corrected chi connectivity index (χ4v) is 4.79. The fourth-order valence-electron chi connectivity index (χ4n) is 4.79. The van der Waals surface area contributed by atoms with Gasteiger partial charge in [-0.3, -0.25) is 4.90 Å². The lowest BCUT2D eigenvalue weighted by molar-refractivity contribution is 0.181. The average molecular weight is 349 g/mol. The number of rotatable bonds is 5. The molecule has 2 aliphatic rings. The van der Waals surface area contributed by atoms with E-state index in [9.17, 15) is 0 Å². The molecule has 1 fully saturated rings. The van der Waals surface area contributed by atoms with Crippen LogP contribution in [0.2, 0.25) is 0 Å². The van der Waals surface area contributed by atoms with Gasteiger partial charge >= 0.3 is 0 Å². The first-order valence-corrected chi connectivity index (χ1v) is 10.5. The zero-order valence-electron chi connectivity index (χ0n) is 15.9. The minimum Gasteiger partial charge on any atom is -0.302 e. The highest BCUT2D eigenvalue weighted by Crippen LogP contribution is 2.34. The van der Waals surface area contributed by atoms with E-state index >= 15 is 0 Å². The van der Waals surface area contributed by atoms with Gasteiger partial charge in [0, 0.05) is 25.7 Å². The summed E-state index contributed by atoms with van der Waals surface area (Å²) >= 11 is 0. The number of aryl methyl sites for hydroxylation is 2. The van der Waals surface area contributed by atoms with Crippen molar-refractivity contribution in [2.75, 3.05) is 32.7 Å². The monoisotopic (exact) mass is 348 g/mol. The van der Waals surface area contributed by atoms with Crippen molar-refractivity contribution in [1.82, 2.24) is 9.80 Å². The first kappa shape index (κ1) is 17.8. The summed E-state index contributed by atoms with van der Waals surface area (Å²) in [5, 5.41) is 0. The van der Waals surface area contributed by atoms with Crippen LogP contribution in [0.25, 0.3) is 0 Å². The molecule has 0 aromatic heterocycles. The maximum Gasteiger partial charge on any atom is 0.0351 e. The Morgan fingerprint density at radius 2 is 1.65 bits per heavy atom. The van der Waals surface area contributed by atoms with E-state index in [4.69, 9.17) is 0 Å². The van der Waals surface area contributed by atoms with E-state index in [1.165, 1.54) is 76.8 Å². The second-order valence-electron chi connectivity index (χ2n) is 7.93. The first-order valence-electron chi connectivity index (χ1n) is 10.5. The van der Waals surface area contributed by atoms with E-state index in [1.807, 2.05) is 0 Å². The van der Waals surface area contributed by atoms with Crippen LogP contribution in [0.4, 0.5) is 0 Å². The summed E-state index contributed by atoms with van der Waals surface area (Å²) in [5.74, 6) is 0. The summed E-state index contributed by atoms with van der Waals surface area (Å²) in [6.45, 7) is 6.22. The van der Waals surface area contributed by atoms with Crippen LogP contribution in [0.15, 0.2) is 54.6 Å². The lowest BCUT2D eigenvalue weighted by Gasteiger charge is -2.35. The number of nitrogens with zero attached hydrogens (tertiary/aromatic N) is 2. The quantitative estimate of drug-likeness (QED) is 0.772. The molecular formula is C24H32N2. The van der Waals surface area contributed by atoms with Crippen LogP contribution in [-0.2, 0) is 12.8 Å². The van der Waals surface area contributed by atoms with Gasteiger partial charge in [0.1, 0.15) is 0 Å². The van der Waals surface area contributed by atoms with Gasteiger partial charge in [0.2, 0.25) is 0 Å². The third kappa shape index (κ3) is 4.36. The van der Waals surface area contributed by atoms with Gasteiger partial charge in [-0.05, 0) is 68.3 Å². The van der Waals surface area contributed by atoms with Gasteiger partial charge < -0.3 is 4.90 Å². The van der Waals surface area contributed by atoms with E-state index in [-0.39, 0.29) is 0 Å². The molecule has 0 saturated carbocycles. The molecule has 2 aromatic rings. The van der Waals surface area contributed by atoms with E-state index in [1.54, 1.807) is 11.1 Å². The lowest BCUT2D eigenvalue weighted by atomic mass is 9.87. The maximum atomic E-state index is 2.77. The summed E-state index contributed by atoms with van der Waals surface area (Å²) in [6, 6.07) is 20.7. The molecule has 0 N–H and O–H groups in total. The third-order valence-corrected chi connectivity index (χ3v) is 6.18. The fraction of sp³-hybridized carbons (Fsp3) is 0.500. The number of hydrogen-bond acceptors (Lipinski definition) is 2. The second-order valence-corrected chi connectivity index (χ2v) is 7.93. The van der Waals surface area contributed by atoms with Gasteiger partial charge in [0.15, 0.2) is 0 Å². The summed E-state index contributed by atoms with van der Waals surface area (Å²) < 4.78 is 0. The molecule has 1 heterocycles. The van der Waals surface area contributed by atoms with Crippen molar-refractivity contribution in [3.63, 3.8) is 0 Å². The molecule has 0 spiro atoms. The Morgan fingerprint density at radius 3 is 2.58 bits per heavy atom. The molecule has 0 radical (unpaired) electrons. The van der Waals surface area contributed by atoms with Gasteiger partial charge in [0.05, 0.1) is 0 Å². The van der Waals surface area contributed by atoms with Gasteiger partial charge in [-0.2, -0.15) is 0 Å². The van der Waals surface area contributed by atoms with Crippen LogP contribution in [0, 0.1) is 0 Å². The van der Waals surface area contributed by atoms with Crippen molar-refractivity contribution >= 4 is 0 Å². The van der Waals surface area contributed by atoms with E-state index in [0.717, 1.165) is 0 Å². The van der Waals surface area contributed by atoms with Crippen molar-refractivity contribution in [2.24, 2.45) is 0 Å². The predicted molar refractivity (Wildman–Crippen MR) is 110 cm³/mol. The van der Waals surface area contributed by atoms with Crippen molar-refractivity contribution in [3.8, 4) is 0 Å². The molecule has 0 amide bonds. The van der Waals surface area contributed by atoms with Gasteiger partial charge in [-0.25, -0.2) is 0 Å². The zero-order chi connectivity index (χ0) is 17.6. The highest BCUT2D eigenvalue weighted by molar-refractivity contribution is 5.32. The minimum atomic E-state index is 0.657. The topological polar surface area (TPSA) is 6.48 Å². The average Bonchev–Trinajstić information content (AvgIpc) is 2.94. The Kier molecular flexibility index (Phi) is 6.03. The zero-order valence-corrected chi connectivity index (χ0v) is 15.9. The van der Waals surface area contributed by atoms with Gasteiger partial charge in [0.25, 0.3) is 0 Å². The van der Waals surface area contributed by atoms with Crippen molar-refractivity contribution < 1.29 is 0 Å². The van der Waals surface area contributed by atoms with Crippen molar-refractivity contribution in [1.29, 1.82) is 0 Å². The summed E-state index contributed by atoms with van der Waals surface area (Å²) in [5.41, 5.74) is 4.67. The summed E-state index contributed by atoms with van der Waals surface area (Å²) in [6.07, 6.45) is 7.74. The molecule has 1 saturated heterocycles. The van der Waals surface area contributed by atoms with Crippen LogP contribution in [0.1, 0.15) is 48.4 Å². The Labute approximate surface area is 158 Å². The first-order chi connectivity index (χ1) is 12.9. The summed E-state index contributed by atoms with van der Waals surface area (Å²) in [4.78, 5) is 5.47. The predicted octanol–water partition coefficient (Wildman–Crippen LogP) is 4.70. The maximum absolute atomic E-state index is 2.77. The van der Waals surface area contributed by atoms with Crippen LogP contribution >= 0.6 is 0 Å². The molecule has 0 bridgehead atoms. The molecule has 1 atom stereocenters. The Morgan fingerprint density at radius 1 is 0.808 bits per heavy atom. The van der Waals surface area contributed by atoms with Gasteiger partial charge in [-0.1, -0.05) is 54.6 Å². The second kappa shape index (κ2) is 8.83. The van der Waals surface area contributed by atoms with Crippen LogP contribution < -0.4 is 0 Å². The highest BCUT2D eigenvalue weighted by atomic mass is 15.2. The van der Waals surface area contributed by atoms with Crippen LogP contribution in [0.5, 0.6) is 0 Å². The smallest absolute Gasteiger partial charge is 0.0351 e. The summed E-state index contributed by atoms with van der Waals surface area (Å²) in [7, 11) is 0. The van der Waals surface area contributed by atoms with Crippen LogP contribution in [0.3, 0.4) is 0 Å². The largest absolute Gasteiger partial charge is 0.302 e. The molecule has 0 unspecified atom stereocenters. The molecular weight excluding hydrogens is 316 g/mol.